The number of rotatable bonds is 21. The number of hydrogen-bond donors (Lipinski definition) is 18. The maximum Gasteiger partial charge on any atom is 0.331 e. The van der Waals surface area contributed by atoms with Crippen LogP contribution in [0.15, 0.2) is 42.0 Å². The first kappa shape index (κ1) is 84.2. The van der Waals surface area contributed by atoms with E-state index in [2.05, 4.69) is 20.8 Å². The number of methoxy groups -OCH3 is 1. The molecule has 6 heterocycles. The van der Waals surface area contributed by atoms with Crippen molar-refractivity contribution in [3.8, 4) is 5.75 Å². The van der Waals surface area contributed by atoms with E-state index in [1.54, 1.807) is 24.3 Å². The van der Waals surface area contributed by atoms with Crippen molar-refractivity contribution in [2.45, 2.75) is 284 Å². The second kappa shape index (κ2) is 32.1. The molecular weight excluding hydrogens is 1450 g/mol. The molecule has 12 rings (SSSR count). The predicted octanol–water partition coefficient (Wildman–Crippen LogP) is -3.77. The van der Waals surface area contributed by atoms with Crippen molar-refractivity contribution in [1.82, 2.24) is 0 Å². The minimum atomic E-state index is -2.30. The van der Waals surface area contributed by atoms with E-state index >= 15 is 4.79 Å². The summed E-state index contributed by atoms with van der Waals surface area (Å²) < 4.78 is 84.2. The number of carboxylic acids is 1. The maximum atomic E-state index is 16.2. The molecule has 0 amide bonds. The molecular formula is C74H110O35. The Balaban J connectivity index is 0.837. The third-order valence-electron chi connectivity index (χ3n) is 26.7. The fraction of sp³-hybridized carbons (Fsp3) is 0.824. The van der Waals surface area contributed by atoms with Gasteiger partial charge in [-0.1, -0.05) is 51.5 Å². The molecule has 2 unspecified atom stereocenters. The minimum Gasteiger partial charge on any atom is -0.497 e. The van der Waals surface area contributed by atoms with Gasteiger partial charge < -0.3 is 158 Å². The quantitative estimate of drug-likeness (QED) is 0.0243. The van der Waals surface area contributed by atoms with Gasteiger partial charge in [0.2, 0.25) is 6.29 Å². The second-order valence-electron chi connectivity index (χ2n) is 33.4. The highest BCUT2D eigenvalue weighted by Gasteiger charge is 2.74. The van der Waals surface area contributed by atoms with Gasteiger partial charge in [-0.15, -0.1) is 0 Å². The molecule has 1 aromatic carbocycles. The van der Waals surface area contributed by atoms with E-state index in [0.717, 1.165) is 11.6 Å². The van der Waals surface area contributed by atoms with Gasteiger partial charge >= 0.3 is 17.9 Å². The lowest BCUT2D eigenvalue weighted by Gasteiger charge is -2.71. The van der Waals surface area contributed by atoms with Crippen LogP contribution >= 0.6 is 0 Å². The molecule has 5 aliphatic carbocycles. The van der Waals surface area contributed by atoms with Crippen molar-refractivity contribution in [3.05, 3.63) is 47.6 Å². The highest BCUT2D eigenvalue weighted by Crippen LogP contribution is 2.76. The molecule has 4 saturated carbocycles. The third kappa shape index (κ3) is 14.8. The Hall–Kier alpha value is -4.21. The second-order valence-corrected chi connectivity index (χ2v) is 33.4. The average Bonchev–Trinajstić information content (AvgIpc) is 0.674. The van der Waals surface area contributed by atoms with Crippen molar-refractivity contribution >= 4 is 24.0 Å². The number of aliphatic hydroxyl groups is 17. The Kier molecular flexibility index (Phi) is 24.8. The molecule has 109 heavy (non-hydrogen) atoms. The minimum absolute atomic E-state index is 0.0186. The van der Waals surface area contributed by atoms with E-state index in [1.165, 1.54) is 34.0 Å². The smallest absolute Gasteiger partial charge is 0.331 e. The molecule has 6 saturated heterocycles. The van der Waals surface area contributed by atoms with Crippen molar-refractivity contribution in [1.29, 1.82) is 0 Å². The molecule has 10 fully saturated rings. The van der Waals surface area contributed by atoms with Gasteiger partial charge in [0.1, 0.15) is 115 Å². The van der Waals surface area contributed by atoms with Gasteiger partial charge in [0.25, 0.3) is 0 Å². The van der Waals surface area contributed by atoms with Crippen LogP contribution in [0.25, 0.3) is 6.08 Å². The van der Waals surface area contributed by atoms with Crippen LogP contribution in [0.3, 0.4) is 0 Å². The normalized spacial score (nSPS) is 49.8. The molecule has 11 aliphatic rings. The summed E-state index contributed by atoms with van der Waals surface area (Å²) in [4.78, 5) is 44.0. The number of carbonyl (C=O) groups is 3. The summed E-state index contributed by atoms with van der Waals surface area (Å²) in [5, 5.41) is 201. The zero-order chi connectivity index (χ0) is 79.3. The van der Waals surface area contributed by atoms with E-state index in [0.29, 0.717) is 37.0 Å². The summed E-state index contributed by atoms with van der Waals surface area (Å²) >= 11 is 0. The zero-order valence-corrected chi connectivity index (χ0v) is 62.0. The topological polar surface area (TPSA) is 545 Å². The molecule has 0 spiro atoms. The van der Waals surface area contributed by atoms with Crippen molar-refractivity contribution in [3.63, 3.8) is 0 Å². The highest BCUT2D eigenvalue weighted by molar-refractivity contribution is 5.87. The molecule has 0 aromatic heterocycles. The Bertz CT molecular complexity index is 3400. The van der Waals surface area contributed by atoms with Gasteiger partial charge in [-0.2, -0.15) is 0 Å². The third-order valence-corrected chi connectivity index (χ3v) is 26.7. The number of ether oxygens (including phenoxy) is 14. The van der Waals surface area contributed by atoms with Crippen molar-refractivity contribution in [2.24, 2.45) is 50.2 Å². The first-order valence-electron chi connectivity index (χ1n) is 37.5. The van der Waals surface area contributed by atoms with Crippen LogP contribution < -0.4 is 4.74 Å². The fourth-order valence-electron chi connectivity index (χ4n) is 20.2. The Morgan fingerprint density at radius 2 is 1.16 bits per heavy atom. The summed E-state index contributed by atoms with van der Waals surface area (Å²) in [5.74, 6) is -4.33. The van der Waals surface area contributed by atoms with Crippen LogP contribution in [0.4, 0.5) is 0 Å². The Labute approximate surface area is 628 Å². The number of aliphatic carboxylic acids is 1. The van der Waals surface area contributed by atoms with Gasteiger partial charge in [-0.3, -0.25) is 9.59 Å². The number of carbonyl (C=O) groups excluding carboxylic acids is 2. The lowest BCUT2D eigenvalue weighted by Crippen LogP contribution is -2.71. The van der Waals surface area contributed by atoms with E-state index in [9.17, 15) is 102 Å². The predicted molar refractivity (Wildman–Crippen MR) is 364 cm³/mol. The molecule has 616 valence electrons. The first-order valence-corrected chi connectivity index (χ1v) is 37.5. The van der Waals surface area contributed by atoms with E-state index in [-0.39, 0.29) is 32.1 Å². The number of benzene rings is 1. The van der Waals surface area contributed by atoms with Crippen LogP contribution in [-0.2, 0) is 76.0 Å². The van der Waals surface area contributed by atoms with Crippen LogP contribution in [0, 0.1) is 50.2 Å². The fourth-order valence-corrected chi connectivity index (χ4v) is 20.2. The number of fused-ring (bicyclic) bond motifs is 7. The number of aliphatic hydroxyl groups excluding tert-OH is 16. The van der Waals surface area contributed by atoms with E-state index in [4.69, 9.17) is 66.3 Å². The standard InChI is InChI=1S/C74H110O35/c1-31-54(104-43(80)16-11-33-9-12-34(96-8)13-10-33)52(89)57(107-63-53(90)56(106-65-58(91)74(95,29-78)30-98-65)55(32(2)99-63)105-60-49(86)46(83)40(27-97-60)103-61-50(87)47(84)44(81)38(25-75)101-61)64(100-31)109-67(94)72-20-19-68(3,4)23-36(72)35-14-15-41-69(5)24-37(79)59(108-62-51(88)48(85)45(82)39(26-76)102-62)71(7,66(92)93)42(69)17-18-70(41,6)73(35,28-77)22-21-72/h9-14,16,31-32,36-42,44-65,75-79,81-91,95H,15,17-30H2,1-8H3,(H,92,93)/b16-11+/t31-,32+,36+,37+,38-,39-,40-,41-,42-,44+,45-,46+,47+,48+,49-,50-,51-,52+,53-,54+,55+,56+,57-,58?,59+,60+,61+,62+,63+,64+,65+,69-,70-,71+,72+,73+,74?/m1/s1. The average molecular weight is 1560 g/mol. The molecule has 18 N–H and O–H groups in total. The van der Waals surface area contributed by atoms with Gasteiger partial charge in [-0.25, -0.2) is 4.79 Å². The maximum absolute atomic E-state index is 16.2. The van der Waals surface area contributed by atoms with E-state index in [1.807, 2.05) is 13.0 Å². The summed E-state index contributed by atoms with van der Waals surface area (Å²) in [6.07, 6.45) is -42.7. The summed E-state index contributed by atoms with van der Waals surface area (Å²) in [7, 11) is 1.49. The van der Waals surface area contributed by atoms with Gasteiger partial charge in [0.05, 0.1) is 75.9 Å². The highest BCUT2D eigenvalue weighted by atomic mass is 16.8. The number of hydrogen-bond acceptors (Lipinski definition) is 34. The number of esters is 2. The van der Waals surface area contributed by atoms with Crippen LogP contribution in [0.1, 0.15) is 112 Å². The first-order chi connectivity index (χ1) is 51.4. The SMILES string of the molecule is COc1ccc(/C=C/C(=O)O[C@@H]2[C@H](O)[C@@H](O[C@@H]3O[C@@H](C)[C@H](O[C@@H]4OC[C@@H](O[C@@H]5O[C@H](CO)[C@H](O)[C@H](O)[C@H]5O)[C@H](O)[C@H]4O)[C@@H](O[C@@H]4OCC(O)(CO)C4O)[C@H]3O)[C@H](OC(=O)[C@]34CCC(C)(C)C[C@H]3C3=CC[C@@H]5[C@@]6(C)C[C@H](O)[C@H](O[C@@H]7O[C@H](CO)[C@@H](O)[C@H](O)[C@H]7O)[C@@](C)(C(=O)O)[C@@H]6CC[C@@]5(C)[C@]3(CO)CC4)O[C@@H]2C)cc1. The molecule has 35 heteroatoms. The molecule has 0 bridgehead atoms. The summed E-state index contributed by atoms with van der Waals surface area (Å²) in [6, 6.07) is 6.67. The number of carboxylic acid groups (broad SMARTS) is 1. The monoisotopic (exact) mass is 1560 g/mol. The molecule has 6 aliphatic heterocycles. The van der Waals surface area contributed by atoms with Crippen molar-refractivity contribution < 1.29 is 173 Å². The van der Waals surface area contributed by atoms with Gasteiger partial charge in [-0.05, 0) is 136 Å². The van der Waals surface area contributed by atoms with Crippen LogP contribution in [0.5, 0.6) is 5.75 Å². The van der Waals surface area contributed by atoms with Crippen LogP contribution in [-0.4, -0.2) is 334 Å². The Morgan fingerprint density at radius 3 is 1.76 bits per heavy atom. The lowest BCUT2D eigenvalue weighted by atomic mass is 9.33. The zero-order valence-electron chi connectivity index (χ0n) is 62.0. The molecule has 1 aromatic rings. The molecule has 0 radical (unpaired) electrons. The molecule has 37 atom stereocenters. The van der Waals surface area contributed by atoms with Crippen molar-refractivity contribution in [2.75, 3.05) is 46.8 Å². The number of allylic oxidation sites excluding steroid dienone is 1. The van der Waals surface area contributed by atoms with Gasteiger partial charge in [0, 0.05) is 11.5 Å². The summed E-state index contributed by atoms with van der Waals surface area (Å²) in [6.45, 7) is 8.13. The largest absolute Gasteiger partial charge is 0.497 e. The van der Waals surface area contributed by atoms with E-state index < -0.39 is 285 Å². The van der Waals surface area contributed by atoms with Gasteiger partial charge in [0.15, 0.2) is 43.7 Å². The lowest BCUT2D eigenvalue weighted by molar-refractivity contribution is -0.388. The summed E-state index contributed by atoms with van der Waals surface area (Å²) in [5.41, 5.74) is -7.53. The molecule has 35 nitrogen and oxygen atoms in total. The van der Waals surface area contributed by atoms with Crippen LogP contribution in [0.2, 0.25) is 0 Å². The Morgan fingerprint density at radius 1 is 0.569 bits per heavy atom.